The van der Waals surface area contributed by atoms with Gasteiger partial charge in [-0.2, -0.15) is 16.6 Å². The van der Waals surface area contributed by atoms with Crippen LogP contribution in [0.1, 0.15) is 31.1 Å². The summed E-state index contributed by atoms with van der Waals surface area (Å²) in [6.07, 6.45) is 5.74. The first-order valence-electron chi connectivity index (χ1n) is 10.2. The van der Waals surface area contributed by atoms with Gasteiger partial charge in [-0.15, -0.1) is 20.4 Å². The van der Waals surface area contributed by atoms with Gasteiger partial charge in [0.1, 0.15) is 0 Å². The first kappa shape index (κ1) is 21.0. The van der Waals surface area contributed by atoms with Gasteiger partial charge in [0.2, 0.25) is 11.7 Å². The van der Waals surface area contributed by atoms with Crippen molar-refractivity contribution < 1.29 is 4.79 Å². The van der Waals surface area contributed by atoms with Gasteiger partial charge in [0, 0.05) is 18.2 Å². The number of rotatable bonds is 10. The Morgan fingerprint density at radius 3 is 2.77 bits per heavy atom. The molecule has 0 fully saturated rings. The molecule has 0 saturated carbocycles. The fraction of sp³-hybridized carbons (Fsp3) is 0.333. The van der Waals surface area contributed by atoms with Crippen molar-refractivity contribution in [1.29, 1.82) is 0 Å². The topological polar surface area (TPSA) is 103 Å². The summed E-state index contributed by atoms with van der Waals surface area (Å²) in [5.41, 5.74) is 1.69. The number of pyridine rings is 1. The number of amides is 1. The molecule has 1 amide bonds. The van der Waals surface area contributed by atoms with E-state index in [0.717, 1.165) is 29.2 Å². The van der Waals surface area contributed by atoms with Gasteiger partial charge < -0.3 is 5.32 Å². The number of hydrogen-bond acceptors (Lipinski definition) is 7. The molecule has 0 bridgehead atoms. The third-order valence-electron chi connectivity index (χ3n) is 4.84. The van der Waals surface area contributed by atoms with Crippen LogP contribution in [0.25, 0.3) is 17.0 Å². The van der Waals surface area contributed by atoms with Gasteiger partial charge in [0.25, 0.3) is 0 Å². The summed E-state index contributed by atoms with van der Waals surface area (Å²) in [5.74, 6) is 2.23. The molecule has 31 heavy (non-hydrogen) atoms. The molecule has 0 spiro atoms. The van der Waals surface area contributed by atoms with E-state index in [4.69, 9.17) is 0 Å². The second-order valence-corrected chi connectivity index (χ2v) is 8.05. The Labute approximate surface area is 184 Å². The Hall–Kier alpha value is -3.27. The molecule has 0 aliphatic rings. The van der Waals surface area contributed by atoms with Crippen LogP contribution in [0.5, 0.6) is 0 Å². The van der Waals surface area contributed by atoms with Crippen molar-refractivity contribution in [3.63, 3.8) is 0 Å². The summed E-state index contributed by atoms with van der Waals surface area (Å²) in [4.78, 5) is 14.2. The number of tetrazole rings is 1. The molecule has 3 heterocycles. The van der Waals surface area contributed by atoms with Crippen molar-refractivity contribution >= 4 is 23.3 Å². The predicted octanol–water partition coefficient (Wildman–Crippen LogP) is 2.77. The zero-order valence-electron chi connectivity index (χ0n) is 17.3. The number of hydrogen-bond donors (Lipinski definition) is 1. The molecule has 1 N–H and O–H groups in total. The van der Waals surface area contributed by atoms with Crippen LogP contribution in [-0.2, 0) is 11.3 Å². The minimum atomic E-state index is -0.188. The van der Waals surface area contributed by atoms with Crippen LogP contribution in [0.15, 0.2) is 54.7 Å². The van der Waals surface area contributed by atoms with Crippen molar-refractivity contribution in [3.8, 4) is 11.4 Å². The smallest absolute Gasteiger partial charge is 0.220 e. The number of nitrogens with one attached hydrogen (secondary N) is 1. The first-order chi connectivity index (χ1) is 15.2. The van der Waals surface area contributed by atoms with E-state index in [0.29, 0.717) is 25.2 Å². The number of benzene rings is 1. The van der Waals surface area contributed by atoms with Crippen molar-refractivity contribution in [2.75, 3.05) is 12.0 Å². The van der Waals surface area contributed by atoms with Gasteiger partial charge in [-0.3, -0.25) is 9.20 Å². The van der Waals surface area contributed by atoms with Crippen LogP contribution >= 0.6 is 11.8 Å². The van der Waals surface area contributed by atoms with Crippen molar-refractivity contribution in [3.05, 3.63) is 60.6 Å². The molecule has 0 unspecified atom stereocenters. The molecule has 3 aromatic heterocycles. The molecule has 1 atom stereocenters. The van der Waals surface area contributed by atoms with Crippen molar-refractivity contribution in [1.82, 2.24) is 40.1 Å². The Morgan fingerprint density at radius 2 is 1.94 bits per heavy atom. The number of fused-ring (bicyclic) bond motifs is 1. The monoisotopic (exact) mass is 436 g/mol. The van der Waals surface area contributed by atoms with E-state index in [1.165, 1.54) is 4.80 Å². The van der Waals surface area contributed by atoms with Crippen molar-refractivity contribution in [2.24, 2.45) is 0 Å². The average Bonchev–Trinajstić information content (AvgIpc) is 3.45. The zero-order chi connectivity index (χ0) is 21.5. The van der Waals surface area contributed by atoms with Gasteiger partial charge in [-0.1, -0.05) is 36.4 Å². The molecule has 0 radical (unpaired) electrons. The SMILES string of the molecule is CSCC[C@H](NC(=O)CCCn1nnc(-c2ccccc2)n1)c1nnc2ccccn12. The molecule has 4 rings (SSSR count). The Bertz CT molecular complexity index is 1130. The standard InChI is InChI=1S/C21H24N8OS/c1-31-15-12-17(21-25-23-18-10-5-6-13-28(18)21)22-19(30)11-7-14-29-26-20(24-27-29)16-8-3-2-4-9-16/h2-6,8-10,13,17H,7,11-12,14-15H2,1H3,(H,22,30)/t17-/m0/s1. The molecule has 1 aromatic carbocycles. The highest BCUT2D eigenvalue weighted by atomic mass is 32.2. The van der Waals surface area contributed by atoms with E-state index < -0.39 is 0 Å². The lowest BCUT2D eigenvalue weighted by atomic mass is 10.2. The lowest BCUT2D eigenvalue weighted by Gasteiger charge is -2.17. The molecule has 0 saturated heterocycles. The fourth-order valence-electron chi connectivity index (χ4n) is 3.29. The second-order valence-electron chi connectivity index (χ2n) is 7.07. The predicted molar refractivity (Wildman–Crippen MR) is 119 cm³/mol. The molecule has 0 aliphatic heterocycles. The molecule has 9 nitrogen and oxygen atoms in total. The van der Waals surface area contributed by atoms with Gasteiger partial charge in [0.15, 0.2) is 11.5 Å². The number of carbonyl (C=O) groups is 1. The lowest BCUT2D eigenvalue weighted by molar-refractivity contribution is -0.122. The van der Waals surface area contributed by atoms with Gasteiger partial charge >= 0.3 is 0 Å². The maximum atomic E-state index is 12.6. The maximum Gasteiger partial charge on any atom is 0.220 e. The molecule has 4 aromatic rings. The van der Waals surface area contributed by atoms with Gasteiger partial charge in [-0.05, 0) is 42.2 Å². The van der Waals surface area contributed by atoms with Crippen molar-refractivity contribution in [2.45, 2.75) is 31.8 Å². The second kappa shape index (κ2) is 10.2. The Morgan fingerprint density at radius 1 is 1.10 bits per heavy atom. The minimum absolute atomic E-state index is 0.0258. The molecular formula is C21H24N8OS. The zero-order valence-corrected chi connectivity index (χ0v) is 18.1. The normalized spacial score (nSPS) is 12.2. The molecule has 160 valence electrons. The first-order valence-corrected chi connectivity index (χ1v) is 11.5. The number of aromatic nitrogens is 7. The summed E-state index contributed by atoms with van der Waals surface area (Å²) in [7, 11) is 0. The summed E-state index contributed by atoms with van der Waals surface area (Å²) < 4.78 is 1.93. The lowest BCUT2D eigenvalue weighted by Crippen LogP contribution is -2.30. The van der Waals surface area contributed by atoms with Crippen LogP contribution in [0.4, 0.5) is 0 Å². The van der Waals surface area contributed by atoms with E-state index in [2.05, 4.69) is 37.2 Å². The van der Waals surface area contributed by atoms with E-state index >= 15 is 0 Å². The van der Waals surface area contributed by atoms with E-state index in [-0.39, 0.29) is 11.9 Å². The van der Waals surface area contributed by atoms with Crippen LogP contribution in [0.3, 0.4) is 0 Å². The van der Waals surface area contributed by atoms with Gasteiger partial charge in [0.05, 0.1) is 12.6 Å². The quantitative estimate of drug-likeness (QED) is 0.408. The minimum Gasteiger partial charge on any atom is -0.346 e. The summed E-state index contributed by atoms with van der Waals surface area (Å²) in [6, 6.07) is 15.3. The number of nitrogens with zero attached hydrogens (tertiary/aromatic N) is 7. The van der Waals surface area contributed by atoms with Crippen LogP contribution in [-0.4, -0.2) is 52.7 Å². The Kier molecular flexibility index (Phi) is 6.88. The highest BCUT2D eigenvalue weighted by Crippen LogP contribution is 2.18. The van der Waals surface area contributed by atoms with Crippen LogP contribution in [0, 0.1) is 0 Å². The third kappa shape index (κ3) is 5.26. The molecule has 0 aliphatic carbocycles. The summed E-state index contributed by atoms with van der Waals surface area (Å²) in [5, 5.41) is 24.2. The van der Waals surface area contributed by atoms with E-state index in [1.807, 2.05) is 59.1 Å². The average molecular weight is 437 g/mol. The highest BCUT2D eigenvalue weighted by molar-refractivity contribution is 7.98. The van der Waals surface area contributed by atoms with Gasteiger partial charge in [-0.25, -0.2) is 0 Å². The number of thioether (sulfide) groups is 1. The third-order valence-corrected chi connectivity index (χ3v) is 5.49. The largest absolute Gasteiger partial charge is 0.346 e. The fourth-order valence-corrected chi connectivity index (χ4v) is 3.76. The van der Waals surface area contributed by atoms with Crippen LogP contribution in [0.2, 0.25) is 0 Å². The summed E-state index contributed by atoms with van der Waals surface area (Å²) >= 11 is 1.74. The molecule has 10 heteroatoms. The Balaban J connectivity index is 1.34. The number of carbonyl (C=O) groups excluding carboxylic acids is 1. The highest BCUT2D eigenvalue weighted by Gasteiger charge is 2.20. The maximum absolute atomic E-state index is 12.6. The van der Waals surface area contributed by atoms with Crippen LogP contribution < -0.4 is 5.32 Å². The van der Waals surface area contributed by atoms with E-state index in [9.17, 15) is 4.79 Å². The number of aryl methyl sites for hydroxylation is 1. The molecular weight excluding hydrogens is 412 g/mol. The van der Waals surface area contributed by atoms with E-state index in [1.54, 1.807) is 11.8 Å². The summed E-state index contributed by atoms with van der Waals surface area (Å²) in [6.45, 7) is 0.524.